The fraction of sp³-hybridized carbons (Fsp3) is 0.0625. The van der Waals surface area contributed by atoms with Gasteiger partial charge in [-0.25, -0.2) is 4.79 Å². The van der Waals surface area contributed by atoms with Crippen LogP contribution in [0.2, 0.25) is 5.02 Å². The van der Waals surface area contributed by atoms with E-state index in [0.29, 0.717) is 21.5 Å². The molecular weight excluding hydrogens is 318 g/mol. The van der Waals surface area contributed by atoms with Gasteiger partial charge in [0, 0.05) is 10.9 Å². The molecule has 6 nitrogen and oxygen atoms in total. The number of H-pyrrole nitrogens is 1. The topological polar surface area (TPSA) is 109 Å². The third-order valence-corrected chi connectivity index (χ3v) is 3.81. The summed E-state index contributed by atoms with van der Waals surface area (Å²) < 4.78 is 0. The quantitative estimate of drug-likeness (QED) is 0.683. The van der Waals surface area contributed by atoms with Crippen molar-refractivity contribution in [1.82, 2.24) is 10.2 Å². The molecule has 2 aromatic carbocycles. The number of carboxylic acid groups (broad SMARTS) is 1. The maximum atomic E-state index is 11.2. The molecule has 23 heavy (non-hydrogen) atoms. The van der Waals surface area contributed by atoms with Gasteiger partial charge in [0.05, 0.1) is 17.0 Å². The Morgan fingerprint density at radius 2 is 1.91 bits per heavy atom. The van der Waals surface area contributed by atoms with Gasteiger partial charge in [-0.3, -0.25) is 9.89 Å². The molecule has 7 heteroatoms. The average Bonchev–Trinajstić information content (AvgIpc) is 2.89. The van der Waals surface area contributed by atoms with Gasteiger partial charge in [0.25, 0.3) is 0 Å². The second-order valence-corrected chi connectivity index (χ2v) is 5.50. The van der Waals surface area contributed by atoms with Gasteiger partial charge in [0.15, 0.2) is 5.69 Å². The number of aromatic amines is 1. The van der Waals surface area contributed by atoms with Gasteiger partial charge in [-0.2, -0.15) is 5.10 Å². The minimum Gasteiger partial charge on any atom is -0.476 e. The van der Waals surface area contributed by atoms with Gasteiger partial charge in [-0.1, -0.05) is 35.9 Å². The molecule has 0 bridgehead atoms. The first-order chi connectivity index (χ1) is 11.0. The molecule has 0 spiro atoms. The van der Waals surface area contributed by atoms with Crippen molar-refractivity contribution in [3.63, 3.8) is 0 Å². The second kappa shape index (κ2) is 5.73. The number of nitrogens with two attached hydrogens (primary N) is 1. The number of halogens is 1. The monoisotopic (exact) mass is 329 g/mol. The van der Waals surface area contributed by atoms with Crippen LogP contribution in [0.4, 0.5) is 0 Å². The maximum absolute atomic E-state index is 11.2. The fourth-order valence-corrected chi connectivity index (χ4v) is 2.70. The highest BCUT2D eigenvalue weighted by Gasteiger charge is 2.15. The van der Waals surface area contributed by atoms with Crippen LogP contribution in [-0.2, 0) is 11.2 Å². The van der Waals surface area contributed by atoms with Crippen molar-refractivity contribution in [1.29, 1.82) is 0 Å². The first kappa shape index (κ1) is 15.1. The zero-order valence-corrected chi connectivity index (χ0v) is 12.6. The van der Waals surface area contributed by atoms with Crippen molar-refractivity contribution in [2.45, 2.75) is 6.42 Å². The number of aromatic carboxylic acids is 1. The third kappa shape index (κ3) is 2.89. The van der Waals surface area contributed by atoms with Gasteiger partial charge in [-0.15, -0.1) is 0 Å². The fourth-order valence-electron chi connectivity index (χ4n) is 2.43. The number of carbonyl (C=O) groups is 2. The first-order valence-corrected chi connectivity index (χ1v) is 7.12. The lowest BCUT2D eigenvalue weighted by Gasteiger charge is -2.06. The molecule has 116 valence electrons. The first-order valence-electron chi connectivity index (χ1n) is 6.74. The molecule has 0 fully saturated rings. The number of rotatable bonds is 4. The summed E-state index contributed by atoms with van der Waals surface area (Å²) in [5.74, 6) is -1.51. The average molecular weight is 330 g/mol. The number of carbonyl (C=O) groups excluding carboxylic acids is 1. The smallest absolute Gasteiger partial charge is 0.357 e. The summed E-state index contributed by atoms with van der Waals surface area (Å²) in [5.41, 5.74) is 7.97. The van der Waals surface area contributed by atoms with Crippen molar-refractivity contribution < 1.29 is 14.7 Å². The van der Waals surface area contributed by atoms with Crippen LogP contribution >= 0.6 is 11.6 Å². The summed E-state index contributed by atoms with van der Waals surface area (Å²) >= 11 is 6.28. The Bertz CT molecular complexity index is 916. The molecular formula is C16H12ClN3O3. The van der Waals surface area contributed by atoms with Crippen molar-refractivity contribution in [3.8, 4) is 11.1 Å². The predicted molar refractivity (Wildman–Crippen MR) is 86.4 cm³/mol. The molecule has 0 unspecified atom stereocenters. The highest BCUT2D eigenvalue weighted by molar-refractivity contribution is 6.34. The predicted octanol–water partition coefficient (Wildman–Crippen LogP) is 2.61. The van der Waals surface area contributed by atoms with Crippen LogP contribution in [0.1, 0.15) is 16.1 Å². The van der Waals surface area contributed by atoms with Crippen LogP contribution in [0, 0.1) is 0 Å². The van der Waals surface area contributed by atoms with Crippen LogP contribution in [0.25, 0.3) is 22.0 Å². The summed E-state index contributed by atoms with van der Waals surface area (Å²) in [6.07, 6.45) is 0.165. The summed E-state index contributed by atoms with van der Waals surface area (Å²) in [4.78, 5) is 22.1. The molecule has 1 amide bonds. The number of primary amides is 1. The van der Waals surface area contributed by atoms with Crippen molar-refractivity contribution in [2.24, 2.45) is 5.73 Å². The minimum absolute atomic E-state index is 0.0525. The number of benzene rings is 2. The van der Waals surface area contributed by atoms with E-state index in [4.69, 9.17) is 22.4 Å². The highest BCUT2D eigenvalue weighted by Crippen LogP contribution is 2.32. The van der Waals surface area contributed by atoms with Crippen molar-refractivity contribution in [3.05, 3.63) is 52.7 Å². The number of aromatic nitrogens is 2. The molecule has 0 saturated carbocycles. The molecule has 0 radical (unpaired) electrons. The molecule has 1 aromatic heterocycles. The lowest BCUT2D eigenvalue weighted by Crippen LogP contribution is -2.13. The molecule has 0 aliphatic rings. The Kier molecular flexibility index (Phi) is 3.75. The third-order valence-electron chi connectivity index (χ3n) is 3.50. The van der Waals surface area contributed by atoms with Gasteiger partial charge >= 0.3 is 5.97 Å². The minimum atomic E-state index is -1.11. The zero-order chi connectivity index (χ0) is 16.6. The summed E-state index contributed by atoms with van der Waals surface area (Å²) in [7, 11) is 0. The Morgan fingerprint density at radius 3 is 2.52 bits per heavy atom. The van der Waals surface area contributed by atoms with E-state index in [1.807, 2.05) is 12.1 Å². The maximum Gasteiger partial charge on any atom is 0.357 e. The Hall–Kier alpha value is -2.86. The van der Waals surface area contributed by atoms with E-state index < -0.39 is 11.9 Å². The SMILES string of the molecule is NC(=O)Cc1ccc(-c2cc3c(C(=O)O)n[nH]c3cc2Cl)cc1. The van der Waals surface area contributed by atoms with E-state index in [1.54, 1.807) is 24.3 Å². The van der Waals surface area contributed by atoms with Crippen LogP contribution < -0.4 is 5.73 Å². The van der Waals surface area contributed by atoms with Crippen LogP contribution in [0.3, 0.4) is 0 Å². The molecule has 1 heterocycles. The summed E-state index contributed by atoms with van der Waals surface area (Å²) in [6.45, 7) is 0. The number of nitrogens with one attached hydrogen (secondary N) is 1. The molecule has 3 rings (SSSR count). The normalized spacial score (nSPS) is 10.8. The standard InChI is InChI=1S/C16H12ClN3O3/c17-12-7-13-11(15(16(22)23)20-19-13)6-10(12)9-3-1-8(2-4-9)5-14(18)21/h1-4,6-7H,5H2,(H2,18,21)(H,19,20)(H,22,23). The Balaban J connectivity index is 2.08. The van der Waals surface area contributed by atoms with Gasteiger partial charge in [0.1, 0.15) is 0 Å². The number of hydrogen-bond donors (Lipinski definition) is 3. The van der Waals surface area contributed by atoms with E-state index in [1.165, 1.54) is 0 Å². The van der Waals surface area contributed by atoms with Gasteiger partial charge in [-0.05, 0) is 23.3 Å². The second-order valence-electron chi connectivity index (χ2n) is 5.10. The van der Waals surface area contributed by atoms with Crippen LogP contribution in [0.15, 0.2) is 36.4 Å². The Morgan fingerprint density at radius 1 is 1.22 bits per heavy atom. The summed E-state index contributed by atoms with van der Waals surface area (Å²) in [6, 6.07) is 10.5. The molecule has 4 N–H and O–H groups in total. The van der Waals surface area contributed by atoms with E-state index >= 15 is 0 Å². The largest absolute Gasteiger partial charge is 0.476 e. The molecule has 0 aliphatic carbocycles. The summed E-state index contributed by atoms with van der Waals surface area (Å²) in [5, 5.41) is 16.6. The lowest BCUT2D eigenvalue weighted by molar-refractivity contribution is -0.117. The zero-order valence-electron chi connectivity index (χ0n) is 11.8. The number of nitrogens with zero attached hydrogens (tertiary/aromatic N) is 1. The molecule has 0 saturated heterocycles. The number of fused-ring (bicyclic) bond motifs is 1. The highest BCUT2D eigenvalue weighted by atomic mass is 35.5. The Labute approximate surface area is 135 Å². The number of hydrogen-bond acceptors (Lipinski definition) is 3. The van der Waals surface area contributed by atoms with Crippen molar-refractivity contribution >= 4 is 34.4 Å². The number of amides is 1. The van der Waals surface area contributed by atoms with Crippen molar-refractivity contribution in [2.75, 3.05) is 0 Å². The van der Waals surface area contributed by atoms with Gasteiger partial charge < -0.3 is 10.8 Å². The lowest BCUT2D eigenvalue weighted by atomic mass is 10.0. The van der Waals surface area contributed by atoms with E-state index in [-0.39, 0.29) is 12.1 Å². The van der Waals surface area contributed by atoms with Crippen LogP contribution in [-0.4, -0.2) is 27.2 Å². The van der Waals surface area contributed by atoms with E-state index in [0.717, 1.165) is 11.1 Å². The molecule has 0 aliphatic heterocycles. The van der Waals surface area contributed by atoms with Gasteiger partial charge in [0.2, 0.25) is 5.91 Å². The van der Waals surface area contributed by atoms with Crippen LogP contribution in [0.5, 0.6) is 0 Å². The molecule has 3 aromatic rings. The number of carboxylic acids is 1. The van der Waals surface area contributed by atoms with E-state index in [9.17, 15) is 9.59 Å². The molecule has 0 atom stereocenters. The van der Waals surface area contributed by atoms with E-state index in [2.05, 4.69) is 10.2 Å².